The van der Waals surface area contributed by atoms with Crippen molar-refractivity contribution in [1.82, 2.24) is 0 Å². The molecule has 230 valence electrons. The van der Waals surface area contributed by atoms with Crippen LogP contribution in [0.1, 0.15) is 22.3 Å². The number of anilines is 3. The first-order chi connectivity index (χ1) is 24.3. The number of para-hydroxylation sites is 2. The van der Waals surface area contributed by atoms with Crippen LogP contribution in [0, 0.1) is 0 Å². The van der Waals surface area contributed by atoms with Gasteiger partial charge in [0.15, 0.2) is 0 Å². The van der Waals surface area contributed by atoms with Gasteiger partial charge < -0.3 is 9.32 Å². The quantitative estimate of drug-likeness (QED) is 0.189. The van der Waals surface area contributed by atoms with Gasteiger partial charge in [0.1, 0.15) is 11.2 Å². The second kappa shape index (κ2) is 10.8. The second-order valence-electron chi connectivity index (χ2n) is 12.8. The maximum absolute atomic E-state index is 6.46. The molecule has 10 rings (SSSR count). The molecule has 0 aliphatic heterocycles. The standard InChI is InChI=1S/C47H31NO/c1-4-17-33(18-5-1)47(34-19-6-2-7-20-34)39-31-30-32-16-10-11-23-36(32)44(39)38-25-14-27-41(46(38)47)48(35-21-8-3-9-22-35)40-26-15-29-43-45(40)37-24-12-13-28-42(37)49-43/h1-31H. The van der Waals surface area contributed by atoms with Crippen LogP contribution in [0.3, 0.4) is 0 Å². The second-order valence-corrected chi connectivity index (χ2v) is 12.8. The Kier molecular flexibility index (Phi) is 6.13. The van der Waals surface area contributed by atoms with E-state index < -0.39 is 5.41 Å². The predicted molar refractivity (Wildman–Crippen MR) is 203 cm³/mol. The maximum atomic E-state index is 6.46. The summed E-state index contributed by atoms with van der Waals surface area (Å²) in [6.45, 7) is 0. The lowest BCUT2D eigenvalue weighted by atomic mass is 9.67. The minimum Gasteiger partial charge on any atom is -0.456 e. The number of hydrogen-bond donors (Lipinski definition) is 0. The van der Waals surface area contributed by atoms with Gasteiger partial charge in [0.25, 0.3) is 0 Å². The van der Waals surface area contributed by atoms with Gasteiger partial charge >= 0.3 is 0 Å². The number of benzene rings is 8. The van der Waals surface area contributed by atoms with E-state index in [0.717, 1.165) is 39.0 Å². The summed E-state index contributed by atoms with van der Waals surface area (Å²) >= 11 is 0. The first-order valence-electron chi connectivity index (χ1n) is 16.9. The van der Waals surface area contributed by atoms with Crippen LogP contribution < -0.4 is 4.90 Å². The van der Waals surface area contributed by atoms with Gasteiger partial charge in [0.05, 0.1) is 22.2 Å². The Bertz CT molecular complexity index is 2620. The summed E-state index contributed by atoms with van der Waals surface area (Å²) < 4.78 is 6.46. The minimum absolute atomic E-state index is 0.590. The van der Waals surface area contributed by atoms with Crippen LogP contribution in [0.25, 0.3) is 43.8 Å². The summed E-state index contributed by atoms with van der Waals surface area (Å²) in [5.74, 6) is 0. The van der Waals surface area contributed by atoms with E-state index >= 15 is 0 Å². The molecule has 1 aliphatic carbocycles. The van der Waals surface area contributed by atoms with Gasteiger partial charge in [-0.3, -0.25) is 0 Å². The van der Waals surface area contributed by atoms with Crippen LogP contribution >= 0.6 is 0 Å². The number of furan rings is 1. The normalized spacial score (nSPS) is 13.1. The highest BCUT2D eigenvalue weighted by Crippen LogP contribution is 2.61. The van der Waals surface area contributed by atoms with Gasteiger partial charge in [0, 0.05) is 16.6 Å². The molecule has 0 N–H and O–H groups in total. The zero-order chi connectivity index (χ0) is 32.4. The van der Waals surface area contributed by atoms with Crippen molar-refractivity contribution in [1.29, 1.82) is 0 Å². The highest BCUT2D eigenvalue weighted by molar-refractivity contribution is 6.14. The van der Waals surface area contributed by atoms with Crippen molar-refractivity contribution in [2.75, 3.05) is 4.90 Å². The SMILES string of the molecule is c1ccc(N(c2cccc3c2C(c2ccccc2)(c2ccccc2)c2ccc4ccccc4c2-3)c2cccc3oc4ccccc4c23)cc1. The Hall–Kier alpha value is -6.38. The van der Waals surface area contributed by atoms with Crippen molar-refractivity contribution in [3.8, 4) is 11.1 Å². The first-order valence-corrected chi connectivity index (χ1v) is 16.9. The van der Waals surface area contributed by atoms with E-state index in [0.29, 0.717) is 0 Å². The monoisotopic (exact) mass is 625 g/mol. The molecule has 0 saturated carbocycles. The van der Waals surface area contributed by atoms with Gasteiger partial charge in [-0.1, -0.05) is 152 Å². The van der Waals surface area contributed by atoms with Crippen molar-refractivity contribution in [3.05, 3.63) is 210 Å². The third-order valence-corrected chi connectivity index (χ3v) is 10.3. The topological polar surface area (TPSA) is 16.4 Å². The number of fused-ring (bicyclic) bond motifs is 8. The van der Waals surface area contributed by atoms with Gasteiger partial charge in [-0.15, -0.1) is 0 Å². The molecule has 1 aliphatic rings. The summed E-state index contributed by atoms with van der Waals surface area (Å²) in [5.41, 5.74) is 12.1. The highest BCUT2D eigenvalue weighted by atomic mass is 16.3. The van der Waals surface area contributed by atoms with E-state index in [2.05, 4.69) is 187 Å². The molecule has 0 fully saturated rings. The van der Waals surface area contributed by atoms with E-state index in [1.807, 2.05) is 6.07 Å². The molecule has 0 spiro atoms. The Labute approximate surface area is 285 Å². The predicted octanol–water partition coefficient (Wildman–Crippen LogP) is 12.6. The fourth-order valence-corrected chi connectivity index (χ4v) is 8.41. The van der Waals surface area contributed by atoms with E-state index in [-0.39, 0.29) is 0 Å². The van der Waals surface area contributed by atoms with Crippen molar-refractivity contribution < 1.29 is 4.42 Å². The van der Waals surface area contributed by atoms with Gasteiger partial charge in [-0.2, -0.15) is 0 Å². The minimum atomic E-state index is -0.590. The van der Waals surface area contributed by atoms with Crippen LogP contribution in [-0.4, -0.2) is 0 Å². The summed E-state index contributed by atoms with van der Waals surface area (Å²) in [4.78, 5) is 2.46. The van der Waals surface area contributed by atoms with Gasteiger partial charge in [0.2, 0.25) is 0 Å². The summed E-state index contributed by atoms with van der Waals surface area (Å²) in [7, 11) is 0. The molecule has 1 aromatic heterocycles. The molecular formula is C47H31NO. The summed E-state index contributed by atoms with van der Waals surface area (Å²) in [6, 6.07) is 68.1. The summed E-state index contributed by atoms with van der Waals surface area (Å²) in [6.07, 6.45) is 0. The van der Waals surface area contributed by atoms with Crippen molar-refractivity contribution in [2.24, 2.45) is 0 Å². The number of nitrogens with zero attached hydrogens (tertiary/aromatic N) is 1. The fraction of sp³-hybridized carbons (Fsp3) is 0.0213. The highest BCUT2D eigenvalue weighted by Gasteiger charge is 2.49. The lowest BCUT2D eigenvalue weighted by molar-refractivity contribution is 0.669. The average molecular weight is 626 g/mol. The summed E-state index contributed by atoms with van der Waals surface area (Å²) in [5, 5.41) is 4.71. The molecule has 0 saturated heterocycles. The Morgan fingerprint density at radius 1 is 0.429 bits per heavy atom. The molecule has 2 heteroatoms. The zero-order valence-corrected chi connectivity index (χ0v) is 26.8. The van der Waals surface area contributed by atoms with Gasteiger partial charge in [-0.25, -0.2) is 0 Å². The van der Waals surface area contributed by atoms with Crippen molar-refractivity contribution in [3.63, 3.8) is 0 Å². The Balaban J connectivity index is 1.40. The maximum Gasteiger partial charge on any atom is 0.137 e. The average Bonchev–Trinajstić information content (AvgIpc) is 3.71. The van der Waals surface area contributed by atoms with Crippen LogP contribution in [0.4, 0.5) is 17.1 Å². The fourth-order valence-electron chi connectivity index (χ4n) is 8.41. The largest absolute Gasteiger partial charge is 0.456 e. The number of rotatable bonds is 5. The third-order valence-electron chi connectivity index (χ3n) is 10.3. The molecule has 0 amide bonds. The van der Waals surface area contributed by atoms with Crippen molar-refractivity contribution in [2.45, 2.75) is 5.41 Å². The van der Waals surface area contributed by atoms with Gasteiger partial charge in [-0.05, 0) is 75.0 Å². The third kappa shape index (κ3) is 3.95. The molecular weight excluding hydrogens is 595 g/mol. The molecule has 0 unspecified atom stereocenters. The lowest BCUT2D eigenvalue weighted by Gasteiger charge is -2.38. The molecule has 2 nitrogen and oxygen atoms in total. The van der Waals surface area contributed by atoms with Crippen LogP contribution in [-0.2, 0) is 5.41 Å². The van der Waals surface area contributed by atoms with E-state index in [4.69, 9.17) is 4.42 Å². The molecule has 0 bridgehead atoms. The zero-order valence-electron chi connectivity index (χ0n) is 26.8. The number of hydrogen-bond acceptors (Lipinski definition) is 2. The van der Waals surface area contributed by atoms with Crippen LogP contribution in [0.2, 0.25) is 0 Å². The van der Waals surface area contributed by atoms with Crippen LogP contribution in [0.5, 0.6) is 0 Å². The Morgan fingerprint density at radius 2 is 1.02 bits per heavy atom. The molecule has 8 aromatic carbocycles. The molecule has 0 radical (unpaired) electrons. The Morgan fingerprint density at radius 3 is 1.78 bits per heavy atom. The molecule has 49 heavy (non-hydrogen) atoms. The molecule has 1 heterocycles. The smallest absolute Gasteiger partial charge is 0.137 e. The van der Waals surface area contributed by atoms with Crippen molar-refractivity contribution >= 4 is 49.8 Å². The van der Waals surface area contributed by atoms with E-state index in [1.54, 1.807) is 0 Å². The van der Waals surface area contributed by atoms with Crippen LogP contribution in [0.15, 0.2) is 192 Å². The first kappa shape index (κ1) is 27.7. The molecule has 9 aromatic rings. The molecule has 0 atom stereocenters. The van der Waals surface area contributed by atoms with E-state index in [1.165, 1.54) is 44.2 Å². The van der Waals surface area contributed by atoms with E-state index in [9.17, 15) is 0 Å². The lowest BCUT2D eigenvalue weighted by Crippen LogP contribution is -2.30.